The van der Waals surface area contributed by atoms with Gasteiger partial charge in [-0.15, -0.1) is 0 Å². The molecule has 0 aromatic heterocycles. The van der Waals surface area contributed by atoms with Crippen LogP contribution in [0.5, 0.6) is 5.75 Å². The highest BCUT2D eigenvalue weighted by Crippen LogP contribution is 2.49. The van der Waals surface area contributed by atoms with E-state index in [1.165, 1.54) is 0 Å². The Morgan fingerprint density at radius 3 is 2.15 bits per heavy atom. The summed E-state index contributed by atoms with van der Waals surface area (Å²) < 4.78 is 0. The third kappa shape index (κ3) is 3.47. The summed E-state index contributed by atoms with van der Waals surface area (Å²) >= 11 is 0. The van der Waals surface area contributed by atoms with Gasteiger partial charge in [0, 0.05) is 11.6 Å². The van der Waals surface area contributed by atoms with Crippen molar-refractivity contribution >= 4 is 11.6 Å². The number of para-hydroxylation sites is 1. The van der Waals surface area contributed by atoms with Crippen LogP contribution in [0.4, 0.5) is 5.69 Å². The largest absolute Gasteiger partial charge is 0.508 e. The number of benzene rings is 3. The van der Waals surface area contributed by atoms with E-state index >= 15 is 0 Å². The summed E-state index contributed by atoms with van der Waals surface area (Å²) in [4.78, 5) is 15.1. The van der Waals surface area contributed by atoms with Crippen LogP contribution in [0, 0.1) is 5.92 Å². The van der Waals surface area contributed by atoms with Crippen molar-refractivity contribution in [2.24, 2.45) is 5.92 Å². The maximum atomic E-state index is 13.2. The highest BCUT2D eigenvalue weighted by molar-refractivity contribution is 5.97. The molecule has 0 bridgehead atoms. The minimum absolute atomic E-state index is 0.00320. The number of hydrogen-bond donors (Lipinski definition) is 1. The molecular weight excluding hydrogens is 322 g/mol. The van der Waals surface area contributed by atoms with E-state index in [-0.39, 0.29) is 23.5 Å². The molecule has 0 heterocycles. The molecule has 4 rings (SSSR count). The summed E-state index contributed by atoms with van der Waals surface area (Å²) in [6, 6.07) is 27.1. The zero-order chi connectivity index (χ0) is 17.9. The molecule has 1 N–H and O–H groups in total. The fourth-order valence-electron chi connectivity index (χ4n) is 3.43. The van der Waals surface area contributed by atoms with Gasteiger partial charge in [0.2, 0.25) is 5.91 Å². The Labute approximate surface area is 153 Å². The van der Waals surface area contributed by atoms with Gasteiger partial charge in [-0.2, -0.15) is 0 Å². The SMILES string of the molecule is O=C(C1CC1c1ccc(O)cc1)N(Cc1ccccc1)c1ccccc1. The lowest BCUT2D eigenvalue weighted by molar-refractivity contribution is -0.120. The molecule has 1 aliphatic carbocycles. The summed E-state index contributed by atoms with van der Waals surface area (Å²) in [6.07, 6.45) is 0.863. The number of carbonyl (C=O) groups excluding carboxylic acids is 1. The van der Waals surface area contributed by atoms with Crippen LogP contribution in [0.3, 0.4) is 0 Å². The number of anilines is 1. The van der Waals surface area contributed by atoms with Gasteiger partial charge in [-0.1, -0.05) is 60.7 Å². The van der Waals surface area contributed by atoms with Crippen molar-refractivity contribution in [1.29, 1.82) is 0 Å². The van der Waals surface area contributed by atoms with Crippen molar-refractivity contribution in [3.8, 4) is 5.75 Å². The second-order valence-corrected chi connectivity index (χ2v) is 6.79. The van der Waals surface area contributed by atoms with Gasteiger partial charge in [0.15, 0.2) is 0 Å². The lowest BCUT2D eigenvalue weighted by Gasteiger charge is -2.23. The van der Waals surface area contributed by atoms with Crippen LogP contribution in [0.25, 0.3) is 0 Å². The predicted octanol–water partition coefficient (Wildman–Crippen LogP) is 4.73. The standard InChI is InChI=1S/C23H21NO2/c25-20-13-11-18(12-14-20)21-15-22(21)23(26)24(19-9-5-2-6-10-19)16-17-7-3-1-4-8-17/h1-14,21-22,25H,15-16H2. The van der Waals surface area contributed by atoms with Crippen molar-refractivity contribution < 1.29 is 9.90 Å². The Balaban J connectivity index is 1.56. The first kappa shape index (κ1) is 16.4. The van der Waals surface area contributed by atoms with Crippen LogP contribution in [-0.4, -0.2) is 11.0 Å². The van der Waals surface area contributed by atoms with Gasteiger partial charge in [0.05, 0.1) is 6.54 Å². The minimum Gasteiger partial charge on any atom is -0.508 e. The van der Waals surface area contributed by atoms with E-state index in [0.29, 0.717) is 6.54 Å². The van der Waals surface area contributed by atoms with Crippen LogP contribution in [0.1, 0.15) is 23.5 Å². The number of rotatable bonds is 5. The van der Waals surface area contributed by atoms with Gasteiger partial charge >= 0.3 is 0 Å². The van der Waals surface area contributed by atoms with E-state index in [0.717, 1.165) is 23.2 Å². The summed E-state index contributed by atoms with van der Waals surface area (Å²) in [7, 11) is 0. The first-order chi connectivity index (χ1) is 12.7. The number of phenols is 1. The molecule has 0 aliphatic heterocycles. The smallest absolute Gasteiger partial charge is 0.231 e. The monoisotopic (exact) mass is 343 g/mol. The molecule has 3 aromatic rings. The normalized spacial score (nSPS) is 18.3. The Morgan fingerprint density at radius 2 is 1.50 bits per heavy atom. The first-order valence-corrected chi connectivity index (χ1v) is 8.91. The molecule has 0 saturated heterocycles. The zero-order valence-electron chi connectivity index (χ0n) is 14.5. The highest BCUT2D eigenvalue weighted by Gasteiger charge is 2.46. The van der Waals surface area contributed by atoms with Crippen molar-refractivity contribution in [2.45, 2.75) is 18.9 Å². The van der Waals surface area contributed by atoms with Crippen molar-refractivity contribution in [3.63, 3.8) is 0 Å². The van der Waals surface area contributed by atoms with Crippen LogP contribution >= 0.6 is 0 Å². The topological polar surface area (TPSA) is 40.5 Å². The second kappa shape index (κ2) is 7.04. The maximum absolute atomic E-state index is 13.2. The molecule has 1 amide bonds. The van der Waals surface area contributed by atoms with E-state index in [9.17, 15) is 9.90 Å². The van der Waals surface area contributed by atoms with E-state index in [1.807, 2.05) is 77.7 Å². The van der Waals surface area contributed by atoms with Gasteiger partial charge < -0.3 is 10.0 Å². The van der Waals surface area contributed by atoms with Crippen LogP contribution in [0.2, 0.25) is 0 Å². The molecule has 1 aliphatic rings. The Bertz CT molecular complexity index is 875. The van der Waals surface area contributed by atoms with Crippen LogP contribution in [0.15, 0.2) is 84.9 Å². The Kier molecular flexibility index (Phi) is 4.44. The number of amides is 1. The molecule has 26 heavy (non-hydrogen) atoms. The second-order valence-electron chi connectivity index (χ2n) is 6.79. The average Bonchev–Trinajstić information content (AvgIpc) is 3.48. The first-order valence-electron chi connectivity index (χ1n) is 8.91. The number of nitrogens with zero attached hydrogens (tertiary/aromatic N) is 1. The molecule has 3 heteroatoms. The number of hydrogen-bond acceptors (Lipinski definition) is 2. The lowest BCUT2D eigenvalue weighted by atomic mass is 10.1. The molecule has 1 saturated carbocycles. The van der Waals surface area contributed by atoms with Gasteiger partial charge in [0.1, 0.15) is 5.75 Å². The molecule has 2 unspecified atom stereocenters. The van der Waals surface area contributed by atoms with Crippen LogP contribution in [-0.2, 0) is 11.3 Å². The molecule has 3 nitrogen and oxygen atoms in total. The zero-order valence-corrected chi connectivity index (χ0v) is 14.5. The average molecular weight is 343 g/mol. The third-order valence-electron chi connectivity index (χ3n) is 4.95. The predicted molar refractivity (Wildman–Crippen MR) is 103 cm³/mol. The maximum Gasteiger partial charge on any atom is 0.231 e. The quantitative estimate of drug-likeness (QED) is 0.727. The van der Waals surface area contributed by atoms with Crippen molar-refractivity contribution in [3.05, 3.63) is 96.1 Å². The van der Waals surface area contributed by atoms with E-state index in [4.69, 9.17) is 0 Å². The number of aromatic hydroxyl groups is 1. The Hall–Kier alpha value is -3.07. The highest BCUT2D eigenvalue weighted by atomic mass is 16.3. The van der Waals surface area contributed by atoms with E-state index in [1.54, 1.807) is 12.1 Å². The molecule has 0 radical (unpaired) electrons. The third-order valence-corrected chi connectivity index (χ3v) is 4.95. The van der Waals surface area contributed by atoms with Gasteiger partial charge in [-0.25, -0.2) is 0 Å². The fourth-order valence-corrected chi connectivity index (χ4v) is 3.43. The van der Waals surface area contributed by atoms with E-state index < -0.39 is 0 Å². The molecular formula is C23H21NO2. The summed E-state index contributed by atoms with van der Waals surface area (Å²) in [5.74, 6) is 0.666. The van der Waals surface area contributed by atoms with Gasteiger partial charge in [-0.3, -0.25) is 4.79 Å². The molecule has 0 spiro atoms. The van der Waals surface area contributed by atoms with Crippen molar-refractivity contribution in [2.75, 3.05) is 4.90 Å². The minimum atomic E-state index is 0.00320. The molecule has 1 fully saturated rings. The summed E-state index contributed by atoms with van der Waals surface area (Å²) in [5, 5.41) is 9.46. The molecule has 2 atom stereocenters. The summed E-state index contributed by atoms with van der Waals surface area (Å²) in [6.45, 7) is 0.572. The lowest BCUT2D eigenvalue weighted by Crippen LogP contribution is -2.32. The van der Waals surface area contributed by atoms with E-state index in [2.05, 4.69) is 0 Å². The number of phenolic OH excluding ortho intramolecular Hbond substituents is 1. The molecule has 3 aromatic carbocycles. The Morgan fingerprint density at radius 1 is 0.885 bits per heavy atom. The number of carbonyl (C=O) groups is 1. The van der Waals surface area contributed by atoms with Crippen molar-refractivity contribution in [1.82, 2.24) is 0 Å². The summed E-state index contributed by atoms with van der Waals surface area (Å²) in [5.41, 5.74) is 3.16. The fraction of sp³-hybridized carbons (Fsp3) is 0.174. The van der Waals surface area contributed by atoms with Gasteiger partial charge in [0.25, 0.3) is 0 Å². The molecule has 130 valence electrons. The van der Waals surface area contributed by atoms with Crippen LogP contribution < -0.4 is 4.90 Å². The van der Waals surface area contributed by atoms with Gasteiger partial charge in [-0.05, 0) is 47.7 Å².